The Labute approximate surface area is 112 Å². The van der Waals surface area contributed by atoms with Gasteiger partial charge in [0.15, 0.2) is 5.82 Å². The molecule has 2 aromatic rings. The minimum absolute atomic E-state index is 0.713. The Morgan fingerprint density at radius 1 is 1.17 bits per heavy atom. The van der Waals surface area contributed by atoms with E-state index in [1.807, 2.05) is 19.2 Å². The Morgan fingerprint density at radius 3 is 2.50 bits per heavy atom. The van der Waals surface area contributed by atoms with E-state index < -0.39 is 0 Å². The monoisotopic (exact) mass is 262 g/mol. The first-order valence-corrected chi connectivity index (χ1v) is 7.07. The SMILES string of the molecule is CCNc1nc(-c2csc(C)n2)nc(C)c1CC. The third-order valence-corrected chi connectivity index (χ3v) is 3.53. The molecule has 0 fully saturated rings. The van der Waals surface area contributed by atoms with Crippen molar-refractivity contribution in [1.29, 1.82) is 0 Å². The second-order valence-electron chi connectivity index (χ2n) is 4.10. The van der Waals surface area contributed by atoms with Crippen LogP contribution in [0.4, 0.5) is 5.82 Å². The van der Waals surface area contributed by atoms with Crippen molar-refractivity contribution in [2.45, 2.75) is 34.1 Å². The predicted octanol–water partition coefficient (Wildman–Crippen LogP) is 3.21. The molecule has 0 amide bonds. The first kappa shape index (κ1) is 13.0. The van der Waals surface area contributed by atoms with Crippen LogP contribution in [0.15, 0.2) is 5.38 Å². The molecule has 2 heterocycles. The largest absolute Gasteiger partial charge is 0.370 e. The van der Waals surface area contributed by atoms with Gasteiger partial charge in [0.1, 0.15) is 11.5 Å². The van der Waals surface area contributed by atoms with Crippen molar-refractivity contribution in [2.75, 3.05) is 11.9 Å². The quantitative estimate of drug-likeness (QED) is 0.919. The maximum atomic E-state index is 4.60. The number of hydrogen-bond donors (Lipinski definition) is 1. The second kappa shape index (κ2) is 5.44. The summed E-state index contributed by atoms with van der Waals surface area (Å²) in [5.41, 5.74) is 3.08. The molecule has 0 spiro atoms. The highest BCUT2D eigenvalue weighted by Gasteiger charge is 2.12. The highest BCUT2D eigenvalue weighted by atomic mass is 32.1. The Hall–Kier alpha value is -1.49. The molecule has 18 heavy (non-hydrogen) atoms. The summed E-state index contributed by atoms with van der Waals surface area (Å²) in [7, 11) is 0. The zero-order chi connectivity index (χ0) is 13.1. The summed E-state index contributed by atoms with van der Waals surface area (Å²) in [6, 6.07) is 0. The topological polar surface area (TPSA) is 50.7 Å². The number of thiazole rings is 1. The van der Waals surface area contributed by atoms with Crippen LogP contribution in [0.1, 0.15) is 30.1 Å². The average Bonchev–Trinajstić information content (AvgIpc) is 2.76. The third kappa shape index (κ3) is 2.51. The van der Waals surface area contributed by atoms with E-state index >= 15 is 0 Å². The molecular weight excluding hydrogens is 244 g/mol. The van der Waals surface area contributed by atoms with Crippen LogP contribution in [0.25, 0.3) is 11.5 Å². The predicted molar refractivity (Wildman–Crippen MR) is 76.2 cm³/mol. The van der Waals surface area contributed by atoms with Gasteiger partial charge in [0.05, 0.1) is 5.01 Å². The lowest BCUT2D eigenvalue weighted by Gasteiger charge is -2.11. The first-order chi connectivity index (χ1) is 8.65. The normalized spacial score (nSPS) is 10.7. The molecule has 0 radical (unpaired) electrons. The van der Waals surface area contributed by atoms with Crippen LogP contribution in [0.5, 0.6) is 0 Å². The average molecular weight is 262 g/mol. The standard InChI is InChI=1S/C13H18N4S/c1-5-10-8(3)15-13(17-12(10)14-6-2)11-7-18-9(4)16-11/h7H,5-6H2,1-4H3,(H,14,15,17). The Kier molecular flexibility index (Phi) is 3.91. The number of aryl methyl sites for hydroxylation is 2. The lowest BCUT2D eigenvalue weighted by Crippen LogP contribution is -2.08. The first-order valence-electron chi connectivity index (χ1n) is 6.19. The summed E-state index contributed by atoms with van der Waals surface area (Å²) in [6.07, 6.45) is 0.935. The van der Waals surface area contributed by atoms with E-state index in [1.165, 1.54) is 5.56 Å². The molecule has 0 aromatic carbocycles. The van der Waals surface area contributed by atoms with Gasteiger partial charge >= 0.3 is 0 Å². The van der Waals surface area contributed by atoms with Gasteiger partial charge in [0.25, 0.3) is 0 Å². The Morgan fingerprint density at radius 2 is 1.94 bits per heavy atom. The van der Waals surface area contributed by atoms with Crippen molar-refractivity contribution in [3.63, 3.8) is 0 Å². The molecule has 0 bridgehead atoms. The summed E-state index contributed by atoms with van der Waals surface area (Å²) < 4.78 is 0. The van der Waals surface area contributed by atoms with Crippen LogP contribution in [0.3, 0.4) is 0 Å². The summed E-state index contributed by atoms with van der Waals surface area (Å²) in [4.78, 5) is 13.6. The van der Waals surface area contributed by atoms with Crippen LogP contribution in [0.2, 0.25) is 0 Å². The van der Waals surface area contributed by atoms with E-state index in [4.69, 9.17) is 0 Å². The van der Waals surface area contributed by atoms with Crippen LogP contribution in [0, 0.1) is 13.8 Å². The highest BCUT2D eigenvalue weighted by Crippen LogP contribution is 2.23. The molecule has 0 aliphatic rings. The van der Waals surface area contributed by atoms with Gasteiger partial charge in [0.2, 0.25) is 0 Å². The molecule has 0 aliphatic heterocycles. The van der Waals surface area contributed by atoms with Crippen molar-refractivity contribution in [2.24, 2.45) is 0 Å². The summed E-state index contributed by atoms with van der Waals surface area (Å²) in [5, 5.41) is 6.35. The highest BCUT2D eigenvalue weighted by molar-refractivity contribution is 7.09. The van der Waals surface area contributed by atoms with Crippen LogP contribution in [-0.2, 0) is 6.42 Å². The van der Waals surface area contributed by atoms with E-state index in [9.17, 15) is 0 Å². The molecule has 0 atom stereocenters. The maximum Gasteiger partial charge on any atom is 0.181 e. The molecule has 0 unspecified atom stereocenters. The van der Waals surface area contributed by atoms with E-state index in [1.54, 1.807) is 11.3 Å². The van der Waals surface area contributed by atoms with Gasteiger partial charge < -0.3 is 5.32 Å². The van der Waals surface area contributed by atoms with Crippen molar-refractivity contribution in [3.8, 4) is 11.5 Å². The van der Waals surface area contributed by atoms with Crippen molar-refractivity contribution in [3.05, 3.63) is 21.6 Å². The van der Waals surface area contributed by atoms with Gasteiger partial charge in [-0.05, 0) is 27.2 Å². The summed E-state index contributed by atoms with van der Waals surface area (Å²) >= 11 is 1.62. The number of aromatic nitrogens is 3. The van der Waals surface area contributed by atoms with Gasteiger partial charge in [-0.15, -0.1) is 11.3 Å². The molecule has 0 saturated heterocycles. The van der Waals surface area contributed by atoms with Gasteiger partial charge in [0, 0.05) is 23.2 Å². The molecule has 2 rings (SSSR count). The number of rotatable bonds is 4. The Bertz CT molecular complexity index is 548. The fourth-order valence-corrected chi connectivity index (χ4v) is 2.51. The van der Waals surface area contributed by atoms with Crippen LogP contribution >= 0.6 is 11.3 Å². The molecule has 0 aliphatic carbocycles. The second-order valence-corrected chi connectivity index (χ2v) is 5.16. The fraction of sp³-hybridized carbons (Fsp3) is 0.462. The van der Waals surface area contributed by atoms with Gasteiger partial charge in [-0.3, -0.25) is 0 Å². The summed E-state index contributed by atoms with van der Waals surface area (Å²) in [5.74, 6) is 1.65. The molecule has 4 nitrogen and oxygen atoms in total. The van der Waals surface area contributed by atoms with E-state index in [0.717, 1.165) is 35.2 Å². The third-order valence-electron chi connectivity index (χ3n) is 2.76. The minimum Gasteiger partial charge on any atom is -0.370 e. The molecule has 1 N–H and O–H groups in total. The van der Waals surface area contributed by atoms with Crippen molar-refractivity contribution < 1.29 is 0 Å². The fourth-order valence-electron chi connectivity index (χ4n) is 1.91. The lowest BCUT2D eigenvalue weighted by molar-refractivity contribution is 0.984. The van der Waals surface area contributed by atoms with E-state index in [0.29, 0.717) is 5.82 Å². The minimum atomic E-state index is 0.713. The van der Waals surface area contributed by atoms with Gasteiger partial charge in [-0.2, -0.15) is 0 Å². The number of nitrogens with zero attached hydrogens (tertiary/aromatic N) is 3. The van der Waals surface area contributed by atoms with Crippen molar-refractivity contribution in [1.82, 2.24) is 15.0 Å². The molecule has 0 saturated carbocycles. The maximum absolute atomic E-state index is 4.60. The lowest BCUT2D eigenvalue weighted by atomic mass is 10.1. The molecule has 2 aromatic heterocycles. The van der Waals surface area contributed by atoms with Gasteiger partial charge in [-0.25, -0.2) is 15.0 Å². The van der Waals surface area contributed by atoms with Gasteiger partial charge in [-0.1, -0.05) is 6.92 Å². The molecular formula is C13H18N4S. The van der Waals surface area contributed by atoms with Crippen molar-refractivity contribution >= 4 is 17.2 Å². The zero-order valence-electron chi connectivity index (χ0n) is 11.2. The Balaban J connectivity index is 2.50. The van der Waals surface area contributed by atoms with E-state index in [-0.39, 0.29) is 0 Å². The number of anilines is 1. The summed E-state index contributed by atoms with van der Waals surface area (Å²) in [6.45, 7) is 9.08. The zero-order valence-corrected chi connectivity index (χ0v) is 12.1. The van der Waals surface area contributed by atoms with Crippen LogP contribution in [-0.4, -0.2) is 21.5 Å². The van der Waals surface area contributed by atoms with Crippen LogP contribution < -0.4 is 5.32 Å². The molecule has 96 valence electrons. The van der Waals surface area contributed by atoms with E-state index in [2.05, 4.69) is 34.1 Å². The molecule has 5 heteroatoms. The number of nitrogens with one attached hydrogen (secondary N) is 1. The number of hydrogen-bond acceptors (Lipinski definition) is 5. The smallest absolute Gasteiger partial charge is 0.181 e.